The fraction of sp³-hybridized carbons (Fsp3) is 0.579. The number of methoxy groups -OCH3 is 3. The molecule has 1 unspecified atom stereocenters. The number of allylic oxidation sites excluding steroid dienone is 1. The lowest BCUT2D eigenvalue weighted by atomic mass is 9.96. The lowest BCUT2D eigenvalue weighted by Crippen LogP contribution is -2.04. The van der Waals surface area contributed by atoms with Gasteiger partial charge >= 0.3 is 0 Å². The van der Waals surface area contributed by atoms with E-state index < -0.39 is 0 Å². The number of nitrogens with zero attached hydrogens (tertiary/aromatic N) is 1. The van der Waals surface area contributed by atoms with Crippen LogP contribution in [0.4, 0.5) is 0 Å². The predicted molar refractivity (Wildman–Crippen MR) is 96.0 cm³/mol. The molecular weight excluding hydrogens is 306 g/mol. The molecule has 1 aromatic carbocycles. The smallest absolute Gasteiger partial charge is 0.203 e. The largest absolute Gasteiger partial charge is 0.493 e. The van der Waals surface area contributed by atoms with Crippen molar-refractivity contribution in [1.82, 2.24) is 0 Å². The molecule has 0 heterocycles. The lowest BCUT2D eigenvalue weighted by molar-refractivity contribution is 0.324. The van der Waals surface area contributed by atoms with Gasteiger partial charge in [-0.3, -0.25) is 0 Å². The highest BCUT2D eigenvalue weighted by atomic mass is 16.5. The van der Waals surface area contributed by atoms with E-state index in [1.807, 2.05) is 12.1 Å². The van der Waals surface area contributed by atoms with Gasteiger partial charge in [0.1, 0.15) is 6.04 Å². The molecule has 1 atom stereocenters. The van der Waals surface area contributed by atoms with E-state index in [1.54, 1.807) is 21.3 Å². The second-order valence-electron chi connectivity index (χ2n) is 6.05. The number of nitroso groups, excluding NO2 is 1. The zero-order valence-corrected chi connectivity index (χ0v) is 15.1. The molecule has 0 fully saturated rings. The molecule has 0 saturated carbocycles. The number of ether oxygens (including phenoxy) is 3. The number of benzene rings is 1. The Hall–Kier alpha value is -2.04. The fourth-order valence-corrected chi connectivity index (χ4v) is 3.41. The highest BCUT2D eigenvalue weighted by molar-refractivity contribution is 5.78. The van der Waals surface area contributed by atoms with Crippen molar-refractivity contribution in [2.24, 2.45) is 5.18 Å². The minimum absolute atomic E-state index is 0.288. The molecule has 1 aromatic rings. The van der Waals surface area contributed by atoms with E-state index >= 15 is 0 Å². The van der Waals surface area contributed by atoms with Crippen molar-refractivity contribution in [1.29, 1.82) is 0 Å². The van der Waals surface area contributed by atoms with Crippen LogP contribution in [0.2, 0.25) is 0 Å². The highest BCUT2D eigenvalue weighted by Gasteiger charge is 2.29. The van der Waals surface area contributed by atoms with E-state index in [0.29, 0.717) is 17.2 Å². The van der Waals surface area contributed by atoms with E-state index in [0.717, 1.165) is 36.8 Å². The Bertz CT molecular complexity index is 584. The van der Waals surface area contributed by atoms with Gasteiger partial charge in [0.05, 0.1) is 21.3 Å². The molecule has 0 amide bonds. The minimum atomic E-state index is -0.288. The minimum Gasteiger partial charge on any atom is -0.493 e. The van der Waals surface area contributed by atoms with Crippen molar-refractivity contribution < 1.29 is 14.2 Å². The van der Waals surface area contributed by atoms with Crippen LogP contribution in [-0.2, 0) is 0 Å². The van der Waals surface area contributed by atoms with E-state index in [9.17, 15) is 4.91 Å². The predicted octanol–water partition coefficient (Wildman–Crippen LogP) is 4.98. The van der Waals surface area contributed by atoms with Crippen LogP contribution >= 0.6 is 0 Å². The Morgan fingerprint density at radius 2 is 1.75 bits per heavy atom. The first-order valence-electron chi connectivity index (χ1n) is 8.54. The molecule has 1 aliphatic carbocycles. The van der Waals surface area contributed by atoms with Gasteiger partial charge in [0, 0.05) is 0 Å². The van der Waals surface area contributed by atoms with Gasteiger partial charge in [0.15, 0.2) is 11.5 Å². The number of hydrogen-bond acceptors (Lipinski definition) is 5. The Balaban J connectivity index is 2.48. The summed E-state index contributed by atoms with van der Waals surface area (Å²) in [7, 11) is 4.78. The fourth-order valence-electron chi connectivity index (χ4n) is 3.41. The average molecular weight is 333 g/mol. The van der Waals surface area contributed by atoms with E-state index in [4.69, 9.17) is 14.2 Å². The van der Waals surface area contributed by atoms with E-state index in [2.05, 4.69) is 12.1 Å². The van der Waals surface area contributed by atoms with Crippen LogP contribution in [0.15, 0.2) is 22.9 Å². The molecule has 1 aliphatic rings. The lowest BCUT2D eigenvalue weighted by Gasteiger charge is -2.17. The summed E-state index contributed by atoms with van der Waals surface area (Å²) >= 11 is 0. The second kappa shape index (κ2) is 8.71. The highest BCUT2D eigenvalue weighted by Crippen LogP contribution is 2.45. The number of unbranched alkanes of at least 4 members (excludes halogenated alkanes) is 2. The molecule has 0 N–H and O–H groups in total. The first-order chi connectivity index (χ1) is 11.7. The van der Waals surface area contributed by atoms with Crippen LogP contribution in [0.5, 0.6) is 17.2 Å². The molecule has 0 saturated heterocycles. The van der Waals surface area contributed by atoms with Crippen molar-refractivity contribution in [2.75, 3.05) is 21.3 Å². The maximum absolute atomic E-state index is 11.3. The maximum atomic E-state index is 11.3. The summed E-state index contributed by atoms with van der Waals surface area (Å²) in [6.45, 7) is 2.19. The molecule has 0 radical (unpaired) electrons. The zero-order chi connectivity index (χ0) is 17.5. The quantitative estimate of drug-likeness (QED) is 0.472. The third-order valence-corrected chi connectivity index (χ3v) is 4.62. The number of rotatable bonds is 9. The zero-order valence-electron chi connectivity index (χ0n) is 15.1. The standard InChI is InChI=1S/C19H27NO4/c1-5-6-7-8-13-9-10-15(20-21)18(13)14-11-16(22-2)19(24-4)17(12-14)23-3/h11-12,15H,5-10H2,1-4H3. The maximum Gasteiger partial charge on any atom is 0.203 e. The summed E-state index contributed by atoms with van der Waals surface area (Å²) in [4.78, 5) is 11.3. The van der Waals surface area contributed by atoms with E-state index in [-0.39, 0.29) is 6.04 Å². The Morgan fingerprint density at radius 3 is 2.25 bits per heavy atom. The Kier molecular flexibility index (Phi) is 6.64. The summed E-state index contributed by atoms with van der Waals surface area (Å²) in [6, 6.07) is 3.55. The third-order valence-electron chi connectivity index (χ3n) is 4.62. The summed E-state index contributed by atoms with van der Waals surface area (Å²) in [5.74, 6) is 1.76. The monoisotopic (exact) mass is 333 g/mol. The van der Waals surface area contributed by atoms with Crippen molar-refractivity contribution in [3.8, 4) is 17.2 Å². The molecule has 24 heavy (non-hydrogen) atoms. The van der Waals surface area contributed by atoms with Gasteiger partial charge in [-0.1, -0.05) is 30.5 Å². The van der Waals surface area contributed by atoms with Crippen LogP contribution in [0.1, 0.15) is 51.0 Å². The normalized spacial score (nSPS) is 17.1. The Labute approximate surface area is 144 Å². The first kappa shape index (κ1) is 18.3. The summed E-state index contributed by atoms with van der Waals surface area (Å²) in [5, 5.41) is 3.36. The van der Waals surface area contributed by atoms with Gasteiger partial charge in [-0.2, -0.15) is 4.91 Å². The van der Waals surface area contributed by atoms with Crippen molar-refractivity contribution in [3.63, 3.8) is 0 Å². The van der Waals surface area contributed by atoms with Crippen LogP contribution in [0.25, 0.3) is 5.57 Å². The van der Waals surface area contributed by atoms with E-state index in [1.165, 1.54) is 18.4 Å². The van der Waals surface area contributed by atoms with Crippen molar-refractivity contribution in [2.45, 2.75) is 51.5 Å². The second-order valence-corrected chi connectivity index (χ2v) is 6.05. The van der Waals surface area contributed by atoms with Gasteiger partial charge in [-0.05, 0) is 49.0 Å². The average Bonchev–Trinajstić information content (AvgIpc) is 3.03. The van der Waals surface area contributed by atoms with Crippen LogP contribution in [0.3, 0.4) is 0 Å². The topological polar surface area (TPSA) is 57.1 Å². The molecule has 2 rings (SSSR count). The molecule has 0 spiro atoms. The first-order valence-corrected chi connectivity index (χ1v) is 8.54. The third kappa shape index (κ3) is 3.71. The molecule has 132 valence electrons. The number of hydrogen-bond donors (Lipinski definition) is 0. The molecule has 0 bridgehead atoms. The molecule has 5 nitrogen and oxygen atoms in total. The van der Waals surface area contributed by atoms with Gasteiger partial charge in [0.25, 0.3) is 0 Å². The van der Waals surface area contributed by atoms with Gasteiger partial charge in [-0.25, -0.2) is 0 Å². The van der Waals surface area contributed by atoms with Gasteiger partial charge < -0.3 is 14.2 Å². The summed E-state index contributed by atoms with van der Waals surface area (Å²) in [5.41, 5.74) is 3.32. The molecule has 0 aliphatic heterocycles. The van der Waals surface area contributed by atoms with Crippen molar-refractivity contribution >= 4 is 5.57 Å². The summed E-state index contributed by atoms with van der Waals surface area (Å²) in [6.07, 6.45) is 6.27. The van der Waals surface area contributed by atoms with Gasteiger partial charge in [0.2, 0.25) is 5.75 Å². The van der Waals surface area contributed by atoms with Crippen LogP contribution in [-0.4, -0.2) is 27.4 Å². The Morgan fingerprint density at radius 1 is 1.08 bits per heavy atom. The van der Waals surface area contributed by atoms with Crippen LogP contribution < -0.4 is 14.2 Å². The SMILES string of the molecule is CCCCCC1=C(c2cc(OC)c(OC)c(OC)c2)C(N=O)CC1. The summed E-state index contributed by atoms with van der Waals surface area (Å²) < 4.78 is 16.3. The molecule has 5 heteroatoms. The molecular formula is C19H27NO4. The van der Waals surface area contributed by atoms with Crippen molar-refractivity contribution in [3.05, 3.63) is 28.2 Å². The van der Waals surface area contributed by atoms with Gasteiger partial charge in [-0.15, -0.1) is 0 Å². The molecule has 0 aromatic heterocycles. The van der Waals surface area contributed by atoms with Crippen LogP contribution in [0, 0.1) is 4.91 Å².